The zero-order valence-corrected chi connectivity index (χ0v) is 17.8. The summed E-state index contributed by atoms with van der Waals surface area (Å²) in [6.07, 6.45) is 1.82. The van der Waals surface area contributed by atoms with Crippen LogP contribution >= 0.6 is 0 Å². The lowest BCUT2D eigenvalue weighted by Gasteiger charge is -2.37. The highest BCUT2D eigenvalue weighted by atomic mass is 16.4. The van der Waals surface area contributed by atoms with E-state index in [9.17, 15) is 0 Å². The van der Waals surface area contributed by atoms with Crippen molar-refractivity contribution in [3.8, 4) is 0 Å². The second-order valence-electron chi connectivity index (χ2n) is 8.35. The van der Waals surface area contributed by atoms with Crippen molar-refractivity contribution < 1.29 is 4.42 Å². The van der Waals surface area contributed by atoms with Crippen molar-refractivity contribution in [1.82, 2.24) is 15.2 Å². The van der Waals surface area contributed by atoms with Crippen LogP contribution in [0.1, 0.15) is 44.9 Å². The highest BCUT2D eigenvalue weighted by Crippen LogP contribution is 2.23. The van der Waals surface area contributed by atoms with E-state index < -0.39 is 0 Å². The van der Waals surface area contributed by atoms with Gasteiger partial charge in [0, 0.05) is 43.8 Å². The number of nitrogens with one attached hydrogen (secondary N) is 1. The molecule has 152 valence electrons. The lowest BCUT2D eigenvalue weighted by molar-refractivity contribution is 0.367. The molecule has 6 nitrogen and oxygen atoms in total. The van der Waals surface area contributed by atoms with Crippen molar-refractivity contribution in [1.29, 1.82) is 0 Å². The number of piperazine rings is 1. The van der Waals surface area contributed by atoms with E-state index in [1.165, 1.54) is 11.3 Å². The highest BCUT2D eigenvalue weighted by Gasteiger charge is 2.21. The second kappa shape index (κ2) is 8.67. The minimum Gasteiger partial charge on any atom is -0.443 e. The fourth-order valence-electron chi connectivity index (χ4n) is 3.30. The van der Waals surface area contributed by atoms with E-state index in [0.717, 1.165) is 44.4 Å². The predicted octanol–water partition coefficient (Wildman–Crippen LogP) is 3.57. The molecule has 0 amide bonds. The molecule has 0 unspecified atom stereocenters. The van der Waals surface area contributed by atoms with Gasteiger partial charge in [-0.3, -0.25) is 0 Å². The quantitative estimate of drug-likeness (QED) is 0.646. The molecular weight excluding hydrogens is 350 g/mol. The van der Waals surface area contributed by atoms with Gasteiger partial charge in [-0.25, -0.2) is 9.98 Å². The fourth-order valence-corrected chi connectivity index (χ4v) is 3.30. The van der Waals surface area contributed by atoms with Gasteiger partial charge >= 0.3 is 0 Å². The summed E-state index contributed by atoms with van der Waals surface area (Å²) in [4.78, 5) is 13.9. The van der Waals surface area contributed by atoms with Gasteiger partial charge in [0.2, 0.25) is 5.89 Å². The number of rotatable bonds is 4. The molecule has 1 aromatic heterocycles. The van der Waals surface area contributed by atoms with Crippen LogP contribution in [0, 0.1) is 6.92 Å². The molecule has 3 rings (SSSR count). The Morgan fingerprint density at radius 2 is 1.96 bits per heavy atom. The molecule has 0 radical (unpaired) electrons. The van der Waals surface area contributed by atoms with E-state index in [1.54, 1.807) is 0 Å². The standard InChI is InChI=1S/C22H33N5O/c1-6-23-21(25-16-20-24-15-19(28-20)22(3,4)5)27-12-10-26(11-13-27)18-9-7-8-17(2)14-18/h7-9,14-15H,6,10-13,16H2,1-5H3,(H,23,25). The Morgan fingerprint density at radius 1 is 1.21 bits per heavy atom. The van der Waals surface area contributed by atoms with Crippen LogP contribution in [0.5, 0.6) is 0 Å². The van der Waals surface area contributed by atoms with Crippen LogP contribution in [0.2, 0.25) is 0 Å². The zero-order valence-electron chi connectivity index (χ0n) is 17.8. The van der Waals surface area contributed by atoms with Gasteiger partial charge in [-0.1, -0.05) is 32.9 Å². The number of hydrogen-bond acceptors (Lipinski definition) is 4. The van der Waals surface area contributed by atoms with Crippen LogP contribution in [0.25, 0.3) is 0 Å². The summed E-state index contributed by atoms with van der Waals surface area (Å²) < 4.78 is 5.88. The highest BCUT2D eigenvalue weighted by molar-refractivity contribution is 5.80. The second-order valence-corrected chi connectivity index (χ2v) is 8.35. The first-order valence-corrected chi connectivity index (χ1v) is 10.2. The Labute approximate surface area is 168 Å². The molecule has 0 spiro atoms. The van der Waals surface area contributed by atoms with Crippen LogP contribution < -0.4 is 10.2 Å². The maximum absolute atomic E-state index is 5.88. The molecule has 1 aromatic carbocycles. The van der Waals surface area contributed by atoms with E-state index in [1.807, 2.05) is 6.20 Å². The molecule has 2 heterocycles. The number of aryl methyl sites for hydroxylation is 1. The topological polar surface area (TPSA) is 56.9 Å². The lowest BCUT2D eigenvalue weighted by atomic mass is 9.94. The Morgan fingerprint density at radius 3 is 2.57 bits per heavy atom. The summed E-state index contributed by atoms with van der Waals surface area (Å²) in [6, 6.07) is 8.72. The monoisotopic (exact) mass is 383 g/mol. The summed E-state index contributed by atoms with van der Waals surface area (Å²) in [6.45, 7) is 15.8. The number of hydrogen-bond donors (Lipinski definition) is 1. The fraction of sp³-hybridized carbons (Fsp3) is 0.545. The van der Waals surface area contributed by atoms with Crippen LogP contribution in [0.15, 0.2) is 39.9 Å². The maximum Gasteiger partial charge on any atom is 0.216 e. The van der Waals surface area contributed by atoms with Gasteiger partial charge in [0.15, 0.2) is 5.96 Å². The number of guanidine groups is 1. The molecule has 2 aromatic rings. The molecule has 0 saturated carbocycles. The number of aliphatic imine (C=N–C) groups is 1. The third-order valence-corrected chi connectivity index (χ3v) is 4.94. The average molecular weight is 384 g/mol. The Hall–Kier alpha value is -2.50. The first-order chi connectivity index (χ1) is 13.4. The summed E-state index contributed by atoms with van der Waals surface area (Å²) in [5, 5.41) is 3.41. The molecular formula is C22H33N5O. The van der Waals surface area contributed by atoms with Crippen LogP contribution in [-0.2, 0) is 12.0 Å². The normalized spacial score (nSPS) is 15.8. The zero-order chi connectivity index (χ0) is 20.1. The van der Waals surface area contributed by atoms with Crippen molar-refractivity contribution in [3.63, 3.8) is 0 Å². The van der Waals surface area contributed by atoms with Crippen LogP contribution in [0.3, 0.4) is 0 Å². The molecule has 6 heteroatoms. The maximum atomic E-state index is 5.88. The molecule has 1 saturated heterocycles. The number of nitrogens with zero attached hydrogens (tertiary/aromatic N) is 4. The van der Waals surface area contributed by atoms with Gasteiger partial charge < -0.3 is 19.5 Å². The van der Waals surface area contributed by atoms with Crippen molar-refractivity contribution in [2.24, 2.45) is 4.99 Å². The van der Waals surface area contributed by atoms with Crippen LogP contribution in [-0.4, -0.2) is 48.6 Å². The number of anilines is 1. The van der Waals surface area contributed by atoms with Crippen LogP contribution in [0.4, 0.5) is 5.69 Å². The van der Waals surface area contributed by atoms with Crippen molar-refractivity contribution >= 4 is 11.6 Å². The molecule has 0 bridgehead atoms. The largest absolute Gasteiger partial charge is 0.443 e. The average Bonchev–Trinajstić information content (AvgIpc) is 3.15. The van der Waals surface area contributed by atoms with Crippen molar-refractivity contribution in [3.05, 3.63) is 47.7 Å². The van der Waals surface area contributed by atoms with E-state index in [-0.39, 0.29) is 5.41 Å². The van der Waals surface area contributed by atoms with E-state index in [2.05, 4.69) is 79.0 Å². The third-order valence-electron chi connectivity index (χ3n) is 4.94. The van der Waals surface area contributed by atoms with Gasteiger partial charge in [-0.2, -0.15) is 0 Å². The minimum atomic E-state index is -0.0361. The predicted molar refractivity (Wildman–Crippen MR) is 115 cm³/mol. The van der Waals surface area contributed by atoms with E-state index >= 15 is 0 Å². The molecule has 28 heavy (non-hydrogen) atoms. The summed E-state index contributed by atoms with van der Waals surface area (Å²) in [5.41, 5.74) is 2.57. The molecule has 0 aliphatic carbocycles. The first kappa shape index (κ1) is 20.2. The van der Waals surface area contributed by atoms with Gasteiger partial charge in [-0.05, 0) is 31.5 Å². The summed E-state index contributed by atoms with van der Waals surface area (Å²) in [7, 11) is 0. The Balaban J connectivity index is 1.63. The summed E-state index contributed by atoms with van der Waals surface area (Å²) in [5.74, 6) is 2.50. The van der Waals surface area contributed by atoms with E-state index in [4.69, 9.17) is 9.41 Å². The van der Waals surface area contributed by atoms with Gasteiger partial charge in [0.25, 0.3) is 0 Å². The van der Waals surface area contributed by atoms with Crippen molar-refractivity contribution in [2.45, 2.75) is 46.6 Å². The SMILES string of the molecule is CCNC(=NCc1ncc(C(C)(C)C)o1)N1CCN(c2cccc(C)c2)CC1. The molecule has 1 N–H and O–H groups in total. The minimum absolute atomic E-state index is 0.0361. The summed E-state index contributed by atoms with van der Waals surface area (Å²) >= 11 is 0. The molecule has 1 fully saturated rings. The molecule has 1 aliphatic heterocycles. The van der Waals surface area contributed by atoms with Gasteiger partial charge in [-0.15, -0.1) is 0 Å². The Kier molecular flexibility index (Phi) is 6.27. The lowest BCUT2D eigenvalue weighted by Crippen LogP contribution is -2.52. The molecule has 0 atom stereocenters. The smallest absolute Gasteiger partial charge is 0.216 e. The first-order valence-electron chi connectivity index (χ1n) is 10.2. The molecule has 1 aliphatic rings. The van der Waals surface area contributed by atoms with Gasteiger partial charge in [0.1, 0.15) is 12.3 Å². The van der Waals surface area contributed by atoms with E-state index in [0.29, 0.717) is 12.4 Å². The van der Waals surface area contributed by atoms with Gasteiger partial charge in [0.05, 0.1) is 6.20 Å². The Bertz CT molecular complexity index is 797. The number of oxazole rings is 1. The van der Waals surface area contributed by atoms with Crippen molar-refractivity contribution in [2.75, 3.05) is 37.6 Å². The number of benzene rings is 1. The number of aromatic nitrogens is 1. The third kappa shape index (κ3) is 5.06.